The quantitative estimate of drug-likeness (QED) is 0.112. The second-order valence-electron chi connectivity index (χ2n) is 24.1. The second-order valence-corrected chi connectivity index (χ2v) is 28.1. The van der Waals surface area contributed by atoms with E-state index < -0.39 is 0 Å². The molecule has 100 heavy (non-hydrogen) atoms. The summed E-state index contributed by atoms with van der Waals surface area (Å²) in [4.78, 5) is 19.1. The number of hydrogen-bond acceptors (Lipinski definition) is 11. The third-order valence-corrected chi connectivity index (χ3v) is 22.2. The standard InChI is InChI=1S/C52H30N2OS2.C18H12BO2S.C16H8Cl2N2O/c1-2-12-31(13-3-1)47-49-48(54-52(53-47)36-17-9-16-35(29-36)38-21-11-23-42-40-19-5-7-25-46(40)57-51(38)42)43-30-33(26-27-44(43)55-49)32-14-8-15-34(28-32)37-20-10-22-41-39-18-4-6-24-45(39)56-50(37)41;20-19-21-13-6-3-5-12(11-13)14-8-4-9-16-15-7-1-2-10-17(15)22-18(14)16;17-10-6-7-12-11(8-10)14-15(21-12)13(19-16(18)20-14)9-4-2-1-3-5-9/h1-30H;1-11,20H;1-8H. The number of rotatable bonds is 9. The van der Waals surface area contributed by atoms with Crippen LogP contribution >= 0.6 is 57.2 Å². The number of nitrogens with zero attached hydrogens (tertiary/aromatic N) is 4. The van der Waals surface area contributed by atoms with Crippen molar-refractivity contribution in [2.75, 3.05) is 0 Å². The SMILES string of the molecule is Clc1ccc2oc3c(-c4ccccc4)nc(Cl)nc3c2c1.O[B]Oc1cccc(-c2cccc3c2sc2ccccc23)c1.c1ccc(-c2nc(-c3cccc(-c4cccc5c4sc4ccccc45)c3)nc3c2oc2ccc(-c4cccc(-c5cccc6c5sc5ccccc56)c4)cc23)cc1. The molecule has 13 aromatic carbocycles. The van der Waals surface area contributed by atoms with Gasteiger partial charge in [-0.05, 0) is 129 Å². The second kappa shape index (κ2) is 25.8. The predicted molar refractivity (Wildman–Crippen MR) is 420 cm³/mol. The van der Waals surface area contributed by atoms with E-state index in [1.165, 1.54) is 82.8 Å². The van der Waals surface area contributed by atoms with Crippen molar-refractivity contribution in [2.24, 2.45) is 0 Å². The van der Waals surface area contributed by atoms with E-state index in [0.29, 0.717) is 52.2 Å². The highest BCUT2D eigenvalue weighted by Gasteiger charge is 2.22. The zero-order valence-electron chi connectivity index (χ0n) is 52.8. The van der Waals surface area contributed by atoms with Crippen LogP contribution in [0.15, 0.2) is 306 Å². The zero-order chi connectivity index (χ0) is 66.8. The summed E-state index contributed by atoms with van der Waals surface area (Å²) in [7, 11) is 0.707. The van der Waals surface area contributed by atoms with Gasteiger partial charge in [0, 0.05) is 93.0 Å². The zero-order valence-corrected chi connectivity index (χ0v) is 56.8. The van der Waals surface area contributed by atoms with Crippen LogP contribution in [0.1, 0.15) is 0 Å². The van der Waals surface area contributed by atoms with Crippen molar-refractivity contribution in [3.05, 3.63) is 308 Å². The minimum absolute atomic E-state index is 0.184. The molecular weight excluding hydrogens is 1330 g/mol. The van der Waals surface area contributed by atoms with E-state index in [2.05, 4.69) is 222 Å². The lowest BCUT2D eigenvalue weighted by molar-refractivity contribution is 0.454. The largest absolute Gasteiger partial charge is 0.569 e. The molecule has 20 aromatic rings. The number of furan rings is 2. The Balaban J connectivity index is 0.000000136. The first-order valence-electron chi connectivity index (χ1n) is 32.4. The summed E-state index contributed by atoms with van der Waals surface area (Å²) in [6.45, 7) is 0. The Morgan fingerprint density at radius 2 is 0.730 bits per heavy atom. The van der Waals surface area contributed by atoms with Crippen LogP contribution in [0.4, 0.5) is 0 Å². The summed E-state index contributed by atoms with van der Waals surface area (Å²) in [6, 6.07) is 103. The maximum atomic E-state index is 8.80. The van der Waals surface area contributed by atoms with Gasteiger partial charge >= 0.3 is 7.69 Å². The van der Waals surface area contributed by atoms with Gasteiger partial charge in [-0.25, -0.2) is 19.9 Å². The van der Waals surface area contributed by atoms with Gasteiger partial charge < -0.3 is 18.5 Å². The van der Waals surface area contributed by atoms with Crippen molar-refractivity contribution in [3.8, 4) is 84.2 Å². The molecule has 14 heteroatoms. The lowest BCUT2D eigenvalue weighted by Gasteiger charge is -2.09. The maximum absolute atomic E-state index is 8.80. The molecule has 20 rings (SSSR count). The lowest BCUT2D eigenvalue weighted by atomic mass is 9.97. The molecule has 7 aromatic heterocycles. The molecule has 1 N–H and O–H groups in total. The Morgan fingerprint density at radius 3 is 1.28 bits per heavy atom. The van der Waals surface area contributed by atoms with Crippen LogP contribution in [0.5, 0.6) is 5.75 Å². The van der Waals surface area contributed by atoms with E-state index in [0.717, 1.165) is 66.5 Å². The number of thiophene rings is 3. The number of benzene rings is 13. The molecule has 0 aliphatic heterocycles. The molecule has 0 amide bonds. The summed E-state index contributed by atoms with van der Waals surface area (Å²) in [5.74, 6) is 1.29. The highest BCUT2D eigenvalue weighted by molar-refractivity contribution is 7.27. The molecule has 7 heterocycles. The predicted octanol–water partition coefficient (Wildman–Crippen LogP) is 25.4. The number of fused-ring (bicyclic) bond motifs is 15. The number of aromatic nitrogens is 4. The van der Waals surface area contributed by atoms with Crippen molar-refractivity contribution < 1.29 is 18.5 Å². The van der Waals surface area contributed by atoms with Crippen molar-refractivity contribution in [1.82, 2.24) is 19.9 Å². The lowest BCUT2D eigenvalue weighted by Crippen LogP contribution is -1.99. The highest BCUT2D eigenvalue weighted by atomic mass is 35.5. The summed E-state index contributed by atoms with van der Waals surface area (Å²) < 4.78 is 25.4. The van der Waals surface area contributed by atoms with Gasteiger partial charge in [-0.15, -0.1) is 34.0 Å². The van der Waals surface area contributed by atoms with Gasteiger partial charge in [-0.2, -0.15) is 0 Å². The van der Waals surface area contributed by atoms with Gasteiger partial charge in [0.2, 0.25) is 5.28 Å². The summed E-state index contributed by atoms with van der Waals surface area (Å²) in [5, 5.41) is 19.2. The third-order valence-electron chi connectivity index (χ3n) is 18.1. The normalized spacial score (nSPS) is 11.6. The Hall–Kier alpha value is -11.3. The minimum Gasteiger partial charge on any atom is -0.537 e. The Kier molecular flexibility index (Phi) is 15.8. The van der Waals surface area contributed by atoms with Crippen molar-refractivity contribution in [2.45, 2.75) is 0 Å². The van der Waals surface area contributed by atoms with Gasteiger partial charge in [0.25, 0.3) is 0 Å². The monoisotopic (exact) mass is 1380 g/mol. The fourth-order valence-electron chi connectivity index (χ4n) is 13.5. The Bertz CT molecular complexity index is 6570. The smallest absolute Gasteiger partial charge is 0.537 e. The van der Waals surface area contributed by atoms with E-state index in [4.69, 9.17) is 51.7 Å². The average Bonchev–Trinajstić information content (AvgIpc) is 1.61. The number of hydrogen-bond donors (Lipinski definition) is 1. The summed E-state index contributed by atoms with van der Waals surface area (Å²) >= 11 is 17.6. The van der Waals surface area contributed by atoms with Crippen LogP contribution < -0.4 is 4.65 Å². The van der Waals surface area contributed by atoms with Crippen LogP contribution in [0.2, 0.25) is 10.3 Å². The van der Waals surface area contributed by atoms with Gasteiger partial charge in [-0.3, -0.25) is 0 Å². The van der Waals surface area contributed by atoms with Gasteiger partial charge in [0.05, 0.1) is 0 Å². The van der Waals surface area contributed by atoms with Crippen LogP contribution in [0, 0.1) is 0 Å². The summed E-state index contributed by atoms with van der Waals surface area (Å²) in [6.07, 6.45) is 0. The molecule has 0 fully saturated rings. The first-order chi connectivity index (χ1) is 49.3. The van der Waals surface area contributed by atoms with Crippen molar-refractivity contribution >= 4 is 170 Å². The van der Waals surface area contributed by atoms with Crippen LogP contribution in [0.3, 0.4) is 0 Å². The molecule has 0 saturated carbocycles. The molecule has 1 radical (unpaired) electrons. The highest BCUT2D eigenvalue weighted by Crippen LogP contribution is 2.46. The molecule has 0 unspecified atom stereocenters. The van der Waals surface area contributed by atoms with Gasteiger partial charge in [0.1, 0.15) is 39.3 Å². The Morgan fingerprint density at radius 1 is 0.320 bits per heavy atom. The van der Waals surface area contributed by atoms with Gasteiger partial charge in [-0.1, -0.05) is 236 Å². The Labute approximate surface area is 595 Å². The average molecular weight is 1380 g/mol. The molecule has 0 aliphatic rings. The minimum atomic E-state index is 0.184. The molecular formula is C86H50BCl2N4O4S3. The maximum Gasteiger partial charge on any atom is 0.569 e. The van der Waals surface area contributed by atoms with E-state index in [1.807, 2.05) is 102 Å². The van der Waals surface area contributed by atoms with Crippen LogP contribution in [-0.2, 0) is 0 Å². The molecule has 0 bridgehead atoms. The van der Waals surface area contributed by atoms with E-state index in [9.17, 15) is 0 Å². The molecule has 0 aliphatic carbocycles. The fraction of sp³-hybridized carbons (Fsp3) is 0. The third kappa shape index (κ3) is 11.2. The first-order valence-corrected chi connectivity index (χ1v) is 35.6. The fourth-order valence-corrected chi connectivity index (χ4v) is 17.6. The number of halogens is 2. The molecule has 8 nitrogen and oxygen atoms in total. The van der Waals surface area contributed by atoms with E-state index >= 15 is 0 Å². The van der Waals surface area contributed by atoms with E-state index in [-0.39, 0.29) is 5.28 Å². The topological polar surface area (TPSA) is 107 Å². The van der Waals surface area contributed by atoms with Crippen LogP contribution in [0.25, 0.3) is 183 Å². The first kappa shape index (κ1) is 61.0. The summed E-state index contributed by atoms with van der Waals surface area (Å²) in [5.41, 5.74) is 17.9. The van der Waals surface area contributed by atoms with Crippen molar-refractivity contribution in [1.29, 1.82) is 0 Å². The molecule has 0 saturated heterocycles. The van der Waals surface area contributed by atoms with Crippen molar-refractivity contribution in [3.63, 3.8) is 0 Å². The van der Waals surface area contributed by atoms with Crippen LogP contribution in [-0.4, -0.2) is 32.6 Å². The van der Waals surface area contributed by atoms with Gasteiger partial charge in [0.15, 0.2) is 17.0 Å². The molecule has 0 spiro atoms. The molecule has 0 atom stereocenters. The van der Waals surface area contributed by atoms with E-state index in [1.54, 1.807) is 17.4 Å². The molecule has 473 valence electrons.